The minimum Gasteiger partial charge on any atom is -0.507 e. The zero-order chi connectivity index (χ0) is 49.2. The predicted molar refractivity (Wildman–Crippen MR) is 254 cm³/mol. The third kappa shape index (κ3) is 10.2. The maximum absolute atomic E-state index is 14.6. The van der Waals surface area contributed by atoms with Crippen LogP contribution in [0.1, 0.15) is 89.4 Å². The largest absolute Gasteiger partial charge is 0.507 e. The highest BCUT2D eigenvalue weighted by molar-refractivity contribution is 6.23. The number of aromatic hydroxyl groups is 3. The molecule has 0 saturated carbocycles. The molecule has 362 valence electrons. The number of carbonyl (C=O) groups is 3. The van der Waals surface area contributed by atoms with Gasteiger partial charge in [0.2, 0.25) is 0 Å². The number of aliphatic hydroxyl groups excluding tert-OH is 2. The predicted octanol–water partition coefficient (Wildman–Crippen LogP) is 6.68. The van der Waals surface area contributed by atoms with Gasteiger partial charge in [0, 0.05) is 80.3 Å². The molecule has 16 nitrogen and oxygen atoms in total. The minimum atomic E-state index is -2.07. The van der Waals surface area contributed by atoms with Crippen LogP contribution in [0.3, 0.4) is 0 Å². The molecule has 3 aromatic carbocycles. The maximum Gasteiger partial charge on any atom is 0.312 e. The Kier molecular flexibility index (Phi) is 15.5. The molecule has 3 aromatic rings. The number of ether oxygens (including phenoxy) is 4. The van der Waals surface area contributed by atoms with Crippen LogP contribution in [0.15, 0.2) is 71.6 Å². The molecule has 1 amide bonds. The molecule has 0 aliphatic carbocycles. The standard InChI is InChI=1S/C51H66N4O12/c1-26-16-15-17-27(2)50(63)53-41-36(22-52-55-24-28(3)54(23-29(55)4)25-35-18-13-12-14-19-35)45(60)38-39(46(41)61)44(59)33(8)48-40(38)49(62)51(10,67-48)65-21-20-37(64-11)30(5)47(66-34(9)56)32(7)43(58)31(6)42(26)57/h12-22,26,28-32,37,42-43,47,57-61H,23-25H2,1-11H3,(H,53,63)/b16-15+,21-20+,27-17+,52-22+/t26-,28?,29?,30+,31+,32+,37-,42-,43+,47+,51-/m0/s1. The van der Waals surface area contributed by atoms with Crippen LogP contribution in [0.25, 0.3) is 10.8 Å². The lowest BCUT2D eigenvalue weighted by Gasteiger charge is -2.42. The number of phenols is 3. The number of ketones is 1. The molecule has 16 heteroatoms. The van der Waals surface area contributed by atoms with E-state index in [0.717, 1.165) is 6.54 Å². The zero-order valence-corrected chi connectivity index (χ0v) is 40.2. The summed E-state index contributed by atoms with van der Waals surface area (Å²) in [6, 6.07) is 10.1. The van der Waals surface area contributed by atoms with Crippen molar-refractivity contribution in [3.63, 3.8) is 0 Å². The van der Waals surface area contributed by atoms with Crippen LogP contribution in [0.5, 0.6) is 23.0 Å². The first-order valence-corrected chi connectivity index (χ1v) is 22.8. The monoisotopic (exact) mass is 926 g/mol. The van der Waals surface area contributed by atoms with Crippen molar-refractivity contribution in [1.29, 1.82) is 0 Å². The molecule has 6 N–H and O–H groups in total. The van der Waals surface area contributed by atoms with Crippen molar-refractivity contribution in [2.45, 2.75) is 118 Å². The van der Waals surface area contributed by atoms with Crippen LogP contribution in [0, 0.1) is 30.6 Å². The third-order valence-electron chi connectivity index (χ3n) is 13.7. The normalized spacial score (nSPS) is 31.8. The number of anilines is 1. The molecule has 0 spiro atoms. The number of amides is 1. The third-order valence-corrected chi connectivity index (χ3v) is 13.7. The molecule has 7 rings (SSSR count). The number of rotatable bonds is 6. The van der Waals surface area contributed by atoms with E-state index in [1.807, 2.05) is 30.1 Å². The van der Waals surface area contributed by atoms with Crippen LogP contribution >= 0.6 is 0 Å². The number of phenolic OH excluding ortho intramolecular Hbond substituents is 3. The Morgan fingerprint density at radius 1 is 0.910 bits per heavy atom. The molecular formula is C51H66N4O12. The summed E-state index contributed by atoms with van der Waals surface area (Å²) in [6.45, 7) is 18.6. The lowest BCUT2D eigenvalue weighted by Crippen LogP contribution is -2.54. The Hall–Kier alpha value is -5.94. The van der Waals surface area contributed by atoms with Gasteiger partial charge in [0.05, 0.1) is 65.6 Å². The van der Waals surface area contributed by atoms with Crippen LogP contribution in [-0.4, -0.2) is 122 Å². The number of Topliss-reactive ketones (excluding diaryl/α,β-unsaturated/α-hetero) is 1. The highest BCUT2D eigenvalue weighted by Crippen LogP contribution is 2.55. The van der Waals surface area contributed by atoms with Gasteiger partial charge >= 0.3 is 11.8 Å². The van der Waals surface area contributed by atoms with E-state index in [-0.39, 0.29) is 56.6 Å². The number of fused-ring (bicyclic) bond motifs is 14. The average Bonchev–Trinajstić information content (AvgIpc) is 3.56. The Labute approximate surface area is 392 Å². The second kappa shape index (κ2) is 20.5. The van der Waals surface area contributed by atoms with E-state index in [2.05, 4.69) is 29.3 Å². The van der Waals surface area contributed by atoms with E-state index in [0.29, 0.717) is 13.1 Å². The van der Waals surface area contributed by atoms with Gasteiger partial charge in [-0.3, -0.25) is 24.3 Å². The number of benzene rings is 3. The molecule has 0 radical (unpaired) electrons. The Balaban J connectivity index is 1.48. The van der Waals surface area contributed by atoms with Crippen molar-refractivity contribution in [1.82, 2.24) is 9.91 Å². The Bertz CT molecular complexity index is 2470. The summed E-state index contributed by atoms with van der Waals surface area (Å²) in [5, 5.41) is 68.1. The average molecular weight is 927 g/mol. The van der Waals surface area contributed by atoms with E-state index in [9.17, 15) is 39.9 Å². The van der Waals surface area contributed by atoms with Crippen molar-refractivity contribution in [3.8, 4) is 23.0 Å². The molecular weight excluding hydrogens is 861 g/mol. The zero-order valence-electron chi connectivity index (χ0n) is 40.2. The highest BCUT2D eigenvalue weighted by atomic mass is 16.7. The highest BCUT2D eigenvalue weighted by Gasteiger charge is 2.50. The second-order valence-corrected chi connectivity index (χ2v) is 18.6. The van der Waals surface area contributed by atoms with Crippen LogP contribution < -0.4 is 10.1 Å². The van der Waals surface area contributed by atoms with Crippen molar-refractivity contribution >= 4 is 40.3 Å². The van der Waals surface area contributed by atoms with Gasteiger partial charge in [-0.05, 0) is 39.3 Å². The van der Waals surface area contributed by atoms with Gasteiger partial charge in [-0.1, -0.05) is 76.3 Å². The smallest absolute Gasteiger partial charge is 0.312 e. The molecule has 67 heavy (non-hydrogen) atoms. The Morgan fingerprint density at radius 2 is 1.60 bits per heavy atom. The number of hydrazone groups is 1. The molecule has 4 heterocycles. The first-order valence-electron chi connectivity index (χ1n) is 22.8. The number of aliphatic hydroxyl groups is 2. The van der Waals surface area contributed by atoms with Crippen LogP contribution in [0.4, 0.5) is 5.69 Å². The van der Waals surface area contributed by atoms with Gasteiger partial charge in [0.15, 0.2) is 5.75 Å². The summed E-state index contributed by atoms with van der Waals surface area (Å²) in [5.41, 5.74) is 0.786. The lowest BCUT2D eigenvalue weighted by molar-refractivity contribution is -0.160. The van der Waals surface area contributed by atoms with Crippen molar-refractivity contribution in [2.75, 3.05) is 25.5 Å². The van der Waals surface area contributed by atoms with Gasteiger partial charge in [0.1, 0.15) is 23.4 Å². The van der Waals surface area contributed by atoms with E-state index in [1.165, 1.54) is 65.0 Å². The van der Waals surface area contributed by atoms with Crippen molar-refractivity contribution < 1.29 is 58.9 Å². The number of hydrogen-bond acceptors (Lipinski definition) is 15. The molecule has 1 saturated heterocycles. The number of piperazine rings is 1. The summed E-state index contributed by atoms with van der Waals surface area (Å²) >= 11 is 0. The van der Waals surface area contributed by atoms with Gasteiger partial charge < -0.3 is 49.8 Å². The van der Waals surface area contributed by atoms with Crippen molar-refractivity contribution in [2.24, 2.45) is 28.8 Å². The summed E-state index contributed by atoms with van der Waals surface area (Å²) in [5.74, 6) is -8.46. The van der Waals surface area contributed by atoms with Gasteiger partial charge in [0.25, 0.3) is 11.7 Å². The lowest BCUT2D eigenvalue weighted by atomic mass is 9.78. The van der Waals surface area contributed by atoms with Gasteiger partial charge in [-0.25, -0.2) is 0 Å². The van der Waals surface area contributed by atoms with Gasteiger partial charge in [-0.15, -0.1) is 0 Å². The quantitative estimate of drug-likeness (QED) is 0.0658. The summed E-state index contributed by atoms with van der Waals surface area (Å²) in [7, 11) is 1.44. The number of allylic oxidation sites excluding steroid dienone is 2. The fourth-order valence-corrected chi connectivity index (χ4v) is 9.38. The second-order valence-electron chi connectivity index (χ2n) is 18.6. The molecule has 5 bridgehead atoms. The topological polar surface area (TPSA) is 220 Å². The number of nitrogens with zero attached hydrogens (tertiary/aromatic N) is 3. The maximum atomic E-state index is 14.6. The minimum absolute atomic E-state index is 0.0502. The number of methoxy groups -OCH3 is 1. The van der Waals surface area contributed by atoms with E-state index >= 15 is 0 Å². The number of hydrogen-bond donors (Lipinski definition) is 6. The number of esters is 1. The molecule has 11 atom stereocenters. The van der Waals surface area contributed by atoms with Gasteiger partial charge in [-0.2, -0.15) is 5.10 Å². The fraction of sp³-hybridized carbons (Fsp3) is 0.490. The number of nitrogens with one attached hydrogen (secondary N) is 1. The van der Waals surface area contributed by atoms with E-state index in [1.54, 1.807) is 39.8 Å². The van der Waals surface area contributed by atoms with E-state index in [4.69, 9.17) is 24.0 Å². The first-order chi connectivity index (χ1) is 31.6. The molecule has 0 aromatic heterocycles. The molecule has 4 aliphatic heterocycles. The summed E-state index contributed by atoms with van der Waals surface area (Å²) < 4.78 is 23.8. The summed E-state index contributed by atoms with van der Waals surface area (Å²) in [4.78, 5) is 43.4. The molecule has 1 fully saturated rings. The Morgan fingerprint density at radius 3 is 2.25 bits per heavy atom. The van der Waals surface area contributed by atoms with Crippen LogP contribution in [-0.2, 0) is 30.3 Å². The first kappa shape index (κ1) is 50.5. The van der Waals surface area contributed by atoms with Crippen molar-refractivity contribution in [3.05, 3.63) is 88.7 Å². The SMILES string of the molecule is CO[C@H]1/C=C/O[C@@]2(C)Oc3c(C)c(O)c4c(O)c(c(/C=N/N5CC(C)N(Cc6ccccc6)CC5C)c(O)c4c3C2=O)NC(=O)/C(C)=C/C=C/[C@H](C)[C@H](O)[C@@H](C)[C@@H](O)[C@@H](C)[C@H](OC(C)=O)[C@@H]1C. The fourth-order valence-electron chi connectivity index (χ4n) is 9.38. The summed E-state index contributed by atoms with van der Waals surface area (Å²) in [6.07, 6.45) is 4.88. The van der Waals surface area contributed by atoms with E-state index < -0.39 is 88.8 Å². The molecule has 4 aliphatic rings. The number of carbonyl (C=O) groups excluding carboxylic acids is 3. The molecule has 2 unspecified atom stereocenters. The van der Waals surface area contributed by atoms with Crippen LogP contribution in [0.2, 0.25) is 0 Å².